The van der Waals surface area contributed by atoms with E-state index in [0.29, 0.717) is 10.9 Å². The Morgan fingerprint density at radius 3 is 2.41 bits per heavy atom. The van der Waals surface area contributed by atoms with E-state index in [1.807, 2.05) is 5.38 Å². The smallest absolute Gasteiger partial charge is 0.236 e. The third-order valence-corrected chi connectivity index (χ3v) is 5.75. The van der Waals surface area contributed by atoms with Crippen molar-refractivity contribution in [2.24, 2.45) is 0 Å². The number of rotatable bonds is 5. The molecule has 0 bridgehead atoms. The number of nitrogens with one attached hydrogen (secondary N) is 1. The fourth-order valence-electron chi connectivity index (χ4n) is 2.44. The molecule has 1 N–H and O–H groups in total. The van der Waals surface area contributed by atoms with Crippen molar-refractivity contribution < 1.29 is 9.18 Å². The molecule has 0 saturated heterocycles. The Kier molecular flexibility index (Phi) is 5.97. The molecule has 0 aliphatic heterocycles. The normalized spacial score (nSPS) is 11.4. The highest BCUT2D eigenvalue weighted by Gasteiger charge is 2.13. The lowest BCUT2D eigenvalue weighted by atomic mass is 9.87. The highest BCUT2D eigenvalue weighted by Crippen LogP contribution is 2.27. The van der Waals surface area contributed by atoms with Gasteiger partial charge in [0.15, 0.2) is 5.13 Å². The van der Waals surface area contributed by atoms with Gasteiger partial charge in [-0.2, -0.15) is 0 Å². The van der Waals surface area contributed by atoms with E-state index in [4.69, 9.17) is 0 Å². The largest absolute Gasteiger partial charge is 0.301 e. The first-order valence-electron chi connectivity index (χ1n) is 8.56. The molecule has 0 spiro atoms. The molecular formula is C21H21FN2OS2. The third kappa shape index (κ3) is 5.40. The number of thioether (sulfide) groups is 1. The first-order chi connectivity index (χ1) is 12.8. The molecule has 0 atom stereocenters. The van der Waals surface area contributed by atoms with Gasteiger partial charge in [0.2, 0.25) is 5.91 Å². The van der Waals surface area contributed by atoms with Crippen LogP contribution in [0.15, 0.2) is 58.8 Å². The molecule has 0 unspecified atom stereocenters. The van der Waals surface area contributed by atoms with Crippen molar-refractivity contribution in [1.29, 1.82) is 0 Å². The lowest BCUT2D eigenvalue weighted by Crippen LogP contribution is -2.14. The summed E-state index contributed by atoms with van der Waals surface area (Å²) in [6.45, 7) is 6.53. The van der Waals surface area contributed by atoms with Crippen LogP contribution in [-0.2, 0) is 10.2 Å². The molecule has 0 fully saturated rings. The van der Waals surface area contributed by atoms with Gasteiger partial charge in [0.05, 0.1) is 11.4 Å². The quantitative estimate of drug-likeness (QED) is 0.536. The predicted molar refractivity (Wildman–Crippen MR) is 112 cm³/mol. The van der Waals surface area contributed by atoms with Crippen LogP contribution >= 0.6 is 23.1 Å². The van der Waals surface area contributed by atoms with Gasteiger partial charge in [-0.15, -0.1) is 23.1 Å². The lowest BCUT2D eigenvalue weighted by molar-refractivity contribution is -0.113. The van der Waals surface area contributed by atoms with Crippen LogP contribution in [0.1, 0.15) is 26.3 Å². The molecule has 6 heteroatoms. The molecule has 3 rings (SSSR count). The number of benzene rings is 2. The van der Waals surface area contributed by atoms with E-state index in [9.17, 15) is 9.18 Å². The van der Waals surface area contributed by atoms with Gasteiger partial charge in [0.25, 0.3) is 0 Å². The van der Waals surface area contributed by atoms with Gasteiger partial charge < -0.3 is 5.32 Å². The number of hydrogen-bond donors (Lipinski definition) is 1. The first-order valence-corrected chi connectivity index (χ1v) is 10.4. The number of anilines is 1. The Balaban J connectivity index is 1.54. The Bertz CT molecular complexity index is 913. The summed E-state index contributed by atoms with van der Waals surface area (Å²) < 4.78 is 13.0. The summed E-state index contributed by atoms with van der Waals surface area (Å²) in [5.41, 5.74) is 2.93. The number of nitrogens with zero attached hydrogens (tertiary/aromatic N) is 1. The van der Waals surface area contributed by atoms with Crippen LogP contribution in [0.2, 0.25) is 0 Å². The van der Waals surface area contributed by atoms with Gasteiger partial charge in [-0.3, -0.25) is 4.79 Å². The van der Waals surface area contributed by atoms with E-state index >= 15 is 0 Å². The minimum Gasteiger partial charge on any atom is -0.301 e. The first kappa shape index (κ1) is 19.6. The fourth-order valence-corrected chi connectivity index (χ4v) is 3.87. The minimum atomic E-state index is -0.282. The van der Waals surface area contributed by atoms with E-state index in [0.717, 1.165) is 16.2 Å². The maximum absolute atomic E-state index is 13.0. The van der Waals surface area contributed by atoms with E-state index in [2.05, 4.69) is 55.3 Å². The van der Waals surface area contributed by atoms with Crippen molar-refractivity contribution in [2.75, 3.05) is 11.1 Å². The SMILES string of the molecule is CC(C)(C)c1ccc(SCC(=O)Nc2nc(-c3ccc(F)cc3)cs2)cc1. The van der Waals surface area contributed by atoms with Crippen LogP contribution in [0.5, 0.6) is 0 Å². The summed E-state index contributed by atoms with van der Waals surface area (Å²) in [5, 5.41) is 5.22. The lowest BCUT2D eigenvalue weighted by Gasteiger charge is -2.19. The maximum atomic E-state index is 13.0. The minimum absolute atomic E-state index is 0.0973. The van der Waals surface area contributed by atoms with Crippen molar-refractivity contribution >= 4 is 34.1 Å². The topological polar surface area (TPSA) is 42.0 Å². The van der Waals surface area contributed by atoms with Gasteiger partial charge in [0, 0.05) is 15.8 Å². The zero-order valence-corrected chi connectivity index (χ0v) is 17.1. The number of thiazole rings is 1. The Hall–Kier alpha value is -2.18. The molecule has 0 saturated carbocycles. The van der Waals surface area contributed by atoms with Crippen LogP contribution in [0.3, 0.4) is 0 Å². The van der Waals surface area contributed by atoms with Crippen molar-refractivity contribution in [1.82, 2.24) is 4.98 Å². The molecular weight excluding hydrogens is 379 g/mol. The average molecular weight is 401 g/mol. The number of carbonyl (C=O) groups is 1. The van der Waals surface area contributed by atoms with Gasteiger partial charge in [-0.05, 0) is 47.4 Å². The Morgan fingerprint density at radius 1 is 1.11 bits per heavy atom. The molecule has 0 aliphatic carbocycles. The van der Waals surface area contributed by atoms with Crippen LogP contribution in [0, 0.1) is 5.82 Å². The molecule has 140 valence electrons. The van der Waals surface area contributed by atoms with Crippen molar-refractivity contribution in [2.45, 2.75) is 31.1 Å². The number of aromatic nitrogens is 1. The van der Waals surface area contributed by atoms with E-state index in [-0.39, 0.29) is 17.1 Å². The number of hydrogen-bond acceptors (Lipinski definition) is 4. The van der Waals surface area contributed by atoms with Gasteiger partial charge >= 0.3 is 0 Å². The maximum Gasteiger partial charge on any atom is 0.236 e. The van der Waals surface area contributed by atoms with Crippen LogP contribution in [-0.4, -0.2) is 16.6 Å². The second-order valence-corrected chi connectivity index (χ2v) is 9.06. The summed E-state index contributed by atoms with van der Waals surface area (Å²) in [7, 11) is 0. The summed E-state index contributed by atoms with van der Waals surface area (Å²) in [6.07, 6.45) is 0. The van der Waals surface area contributed by atoms with Gasteiger partial charge in [-0.1, -0.05) is 32.9 Å². The molecule has 2 aromatic carbocycles. The molecule has 1 amide bonds. The molecule has 1 heterocycles. The third-order valence-electron chi connectivity index (χ3n) is 3.98. The highest BCUT2D eigenvalue weighted by molar-refractivity contribution is 8.00. The molecule has 3 aromatic rings. The average Bonchev–Trinajstić information content (AvgIpc) is 3.08. The predicted octanol–water partition coefficient (Wildman–Crippen LogP) is 5.98. The monoisotopic (exact) mass is 400 g/mol. The van der Waals surface area contributed by atoms with Crippen LogP contribution in [0.4, 0.5) is 9.52 Å². The molecule has 1 aromatic heterocycles. The Morgan fingerprint density at radius 2 is 1.78 bits per heavy atom. The molecule has 3 nitrogen and oxygen atoms in total. The zero-order chi connectivity index (χ0) is 19.4. The van der Waals surface area contributed by atoms with E-state index in [1.54, 1.807) is 12.1 Å². The van der Waals surface area contributed by atoms with Gasteiger partial charge in [-0.25, -0.2) is 9.37 Å². The van der Waals surface area contributed by atoms with Crippen molar-refractivity contribution in [3.05, 3.63) is 65.3 Å². The number of carbonyl (C=O) groups excluding carboxylic acids is 1. The number of halogens is 1. The van der Waals surface area contributed by atoms with Crippen LogP contribution < -0.4 is 5.32 Å². The molecule has 0 aliphatic rings. The zero-order valence-electron chi connectivity index (χ0n) is 15.5. The number of amides is 1. The standard InChI is InChI=1S/C21H21FN2OS2/c1-21(2,3)15-6-10-17(11-7-15)26-13-19(25)24-20-23-18(12-27-20)14-4-8-16(22)9-5-14/h4-12H,13H2,1-3H3,(H,23,24,25). The van der Waals surface area contributed by atoms with E-state index in [1.165, 1.54) is 40.8 Å². The fraction of sp³-hybridized carbons (Fsp3) is 0.238. The van der Waals surface area contributed by atoms with Crippen molar-refractivity contribution in [3.8, 4) is 11.3 Å². The Labute approximate surface area is 167 Å². The summed E-state index contributed by atoms with van der Waals surface area (Å²) in [4.78, 5) is 17.6. The summed E-state index contributed by atoms with van der Waals surface area (Å²) in [6, 6.07) is 14.5. The molecule has 0 radical (unpaired) electrons. The molecule has 27 heavy (non-hydrogen) atoms. The van der Waals surface area contributed by atoms with Gasteiger partial charge in [0.1, 0.15) is 5.82 Å². The highest BCUT2D eigenvalue weighted by atomic mass is 32.2. The summed E-state index contributed by atoms with van der Waals surface area (Å²) >= 11 is 2.85. The van der Waals surface area contributed by atoms with Crippen LogP contribution in [0.25, 0.3) is 11.3 Å². The second kappa shape index (κ2) is 8.23. The second-order valence-electron chi connectivity index (χ2n) is 7.16. The summed E-state index contributed by atoms with van der Waals surface area (Å²) in [5.74, 6) is -0.0599. The van der Waals surface area contributed by atoms with E-state index < -0.39 is 0 Å². The van der Waals surface area contributed by atoms with Crippen molar-refractivity contribution in [3.63, 3.8) is 0 Å².